The Morgan fingerprint density at radius 1 is 1.10 bits per heavy atom. The van der Waals surface area contributed by atoms with Crippen LogP contribution in [-0.4, -0.2) is 45.0 Å². The Bertz CT molecular complexity index is 960. The van der Waals surface area contributed by atoms with Crippen LogP contribution < -0.4 is 5.32 Å². The first-order chi connectivity index (χ1) is 14.0. The molecule has 150 valence electrons. The molecule has 0 bridgehead atoms. The van der Waals surface area contributed by atoms with Crippen LogP contribution in [0, 0.1) is 5.82 Å². The molecule has 1 aromatic heterocycles. The predicted molar refractivity (Wildman–Crippen MR) is 112 cm³/mol. The fraction of sp³-hybridized carbons (Fsp3) is 0.190. The van der Waals surface area contributed by atoms with Crippen LogP contribution in [0.2, 0.25) is 0 Å². The highest BCUT2D eigenvalue weighted by atomic mass is 32.2. The van der Waals surface area contributed by atoms with Crippen LogP contribution in [0.25, 0.3) is 5.69 Å². The van der Waals surface area contributed by atoms with Gasteiger partial charge in [-0.15, -0.1) is 11.8 Å². The van der Waals surface area contributed by atoms with Crippen LogP contribution in [0.15, 0.2) is 67.0 Å². The number of benzene rings is 2. The minimum atomic E-state index is -0.361. The van der Waals surface area contributed by atoms with E-state index >= 15 is 0 Å². The van der Waals surface area contributed by atoms with E-state index in [0.29, 0.717) is 12.2 Å². The van der Waals surface area contributed by atoms with Crippen LogP contribution in [0.4, 0.5) is 10.1 Å². The van der Waals surface area contributed by atoms with Gasteiger partial charge in [0.05, 0.1) is 23.4 Å². The van der Waals surface area contributed by atoms with Gasteiger partial charge >= 0.3 is 0 Å². The molecule has 0 saturated carbocycles. The number of aromatic nitrogens is 2. The molecule has 0 saturated heterocycles. The molecule has 0 aliphatic heterocycles. The van der Waals surface area contributed by atoms with Crippen LogP contribution in [0.5, 0.6) is 0 Å². The van der Waals surface area contributed by atoms with E-state index in [9.17, 15) is 14.0 Å². The van der Waals surface area contributed by atoms with Gasteiger partial charge in [0.2, 0.25) is 11.8 Å². The number of hydrogen-bond donors (Lipinski definition) is 1. The van der Waals surface area contributed by atoms with E-state index in [4.69, 9.17) is 0 Å². The highest BCUT2D eigenvalue weighted by Crippen LogP contribution is 2.12. The minimum absolute atomic E-state index is 0.0722. The molecule has 0 atom stereocenters. The van der Waals surface area contributed by atoms with E-state index in [1.54, 1.807) is 22.8 Å². The highest BCUT2D eigenvalue weighted by Gasteiger charge is 2.12. The van der Waals surface area contributed by atoms with E-state index < -0.39 is 0 Å². The van der Waals surface area contributed by atoms with Crippen LogP contribution in [-0.2, 0) is 16.1 Å². The quantitative estimate of drug-likeness (QED) is 0.616. The van der Waals surface area contributed by atoms with Gasteiger partial charge < -0.3 is 10.2 Å². The molecule has 0 fully saturated rings. The van der Waals surface area contributed by atoms with Crippen molar-refractivity contribution in [2.24, 2.45) is 0 Å². The first-order valence-corrected chi connectivity index (χ1v) is 10.1. The largest absolute Gasteiger partial charge is 0.341 e. The number of thioether (sulfide) groups is 1. The second-order valence-electron chi connectivity index (χ2n) is 6.43. The summed E-state index contributed by atoms with van der Waals surface area (Å²) < 4.78 is 14.6. The van der Waals surface area contributed by atoms with Gasteiger partial charge in [0.15, 0.2) is 0 Å². The van der Waals surface area contributed by atoms with Crippen molar-refractivity contribution in [3.05, 3.63) is 78.4 Å². The van der Waals surface area contributed by atoms with Crippen molar-refractivity contribution in [3.63, 3.8) is 0 Å². The first-order valence-electron chi connectivity index (χ1n) is 8.97. The predicted octanol–water partition coefficient (Wildman–Crippen LogP) is 3.34. The molecule has 3 aromatic rings. The Kier molecular flexibility index (Phi) is 7.02. The summed E-state index contributed by atoms with van der Waals surface area (Å²) >= 11 is 1.23. The molecular formula is C21H21FN4O2S. The average molecular weight is 412 g/mol. The molecule has 0 aliphatic rings. The van der Waals surface area contributed by atoms with Gasteiger partial charge in [-0.2, -0.15) is 5.10 Å². The minimum Gasteiger partial charge on any atom is -0.341 e. The van der Waals surface area contributed by atoms with E-state index in [0.717, 1.165) is 11.3 Å². The Hall–Kier alpha value is -3.13. The van der Waals surface area contributed by atoms with Gasteiger partial charge in [0.25, 0.3) is 0 Å². The zero-order valence-corrected chi connectivity index (χ0v) is 16.7. The van der Waals surface area contributed by atoms with E-state index in [-0.39, 0.29) is 29.1 Å². The summed E-state index contributed by atoms with van der Waals surface area (Å²) in [5, 5.41) is 6.99. The number of halogens is 1. The lowest BCUT2D eigenvalue weighted by molar-refractivity contribution is -0.127. The maximum atomic E-state index is 12.9. The zero-order valence-electron chi connectivity index (χ0n) is 15.9. The summed E-state index contributed by atoms with van der Waals surface area (Å²) in [6.45, 7) is 0.438. The summed E-state index contributed by atoms with van der Waals surface area (Å²) in [7, 11) is 1.72. The molecule has 2 amide bonds. The lowest BCUT2D eigenvalue weighted by Gasteiger charge is -2.15. The fourth-order valence-corrected chi connectivity index (χ4v) is 3.35. The van der Waals surface area contributed by atoms with Crippen molar-refractivity contribution in [1.29, 1.82) is 0 Å². The Morgan fingerprint density at radius 3 is 2.55 bits per heavy atom. The van der Waals surface area contributed by atoms with Crippen LogP contribution >= 0.6 is 11.8 Å². The summed E-state index contributed by atoms with van der Waals surface area (Å²) in [6.07, 6.45) is 3.63. The molecule has 2 aromatic carbocycles. The van der Waals surface area contributed by atoms with Crippen molar-refractivity contribution >= 4 is 29.3 Å². The Labute approximate surface area is 172 Å². The third-order valence-corrected chi connectivity index (χ3v) is 5.01. The van der Waals surface area contributed by atoms with Crippen LogP contribution in [0.1, 0.15) is 5.56 Å². The first kappa shape index (κ1) is 20.6. The molecular weight excluding hydrogens is 391 g/mol. The average Bonchev–Trinajstić information content (AvgIpc) is 3.19. The number of nitrogens with zero attached hydrogens (tertiary/aromatic N) is 3. The third-order valence-electron chi connectivity index (χ3n) is 4.09. The zero-order chi connectivity index (χ0) is 20.6. The Morgan fingerprint density at radius 2 is 1.83 bits per heavy atom. The summed E-state index contributed by atoms with van der Waals surface area (Å²) in [5.41, 5.74) is 2.40. The summed E-state index contributed by atoms with van der Waals surface area (Å²) in [6, 6.07) is 15.3. The van der Waals surface area contributed by atoms with Crippen molar-refractivity contribution in [2.45, 2.75) is 6.54 Å². The number of carbonyl (C=O) groups is 2. The standard InChI is InChI=1S/C21H21FN4O2S/c1-25(12-16-11-23-26(13-16)19-5-3-2-4-6-19)21(28)15-29-14-20(27)24-18-9-7-17(22)8-10-18/h2-11,13H,12,14-15H2,1H3,(H,24,27). The van der Waals surface area contributed by atoms with Gasteiger partial charge in [-0.05, 0) is 36.4 Å². The van der Waals surface area contributed by atoms with E-state index in [2.05, 4.69) is 10.4 Å². The van der Waals surface area contributed by atoms with Crippen molar-refractivity contribution in [3.8, 4) is 5.69 Å². The highest BCUT2D eigenvalue weighted by molar-refractivity contribution is 8.00. The number of carbonyl (C=O) groups excluding carboxylic acids is 2. The van der Waals surface area contributed by atoms with Gasteiger partial charge in [-0.25, -0.2) is 9.07 Å². The number of nitrogens with one attached hydrogen (secondary N) is 1. The van der Waals surface area contributed by atoms with E-state index in [1.165, 1.54) is 36.0 Å². The van der Waals surface area contributed by atoms with Gasteiger partial charge in [0, 0.05) is 31.0 Å². The van der Waals surface area contributed by atoms with Crippen LogP contribution in [0.3, 0.4) is 0 Å². The SMILES string of the molecule is CN(Cc1cnn(-c2ccccc2)c1)C(=O)CSCC(=O)Nc1ccc(F)cc1. The molecule has 0 spiro atoms. The molecule has 0 aliphatic carbocycles. The molecule has 0 radical (unpaired) electrons. The monoisotopic (exact) mass is 412 g/mol. The topological polar surface area (TPSA) is 67.2 Å². The fourth-order valence-electron chi connectivity index (χ4n) is 2.60. The number of anilines is 1. The molecule has 0 unspecified atom stereocenters. The Balaban J connectivity index is 1.42. The number of rotatable bonds is 8. The second-order valence-corrected chi connectivity index (χ2v) is 7.41. The lowest BCUT2D eigenvalue weighted by atomic mass is 10.3. The normalized spacial score (nSPS) is 10.6. The number of hydrogen-bond acceptors (Lipinski definition) is 4. The van der Waals surface area contributed by atoms with E-state index in [1.807, 2.05) is 36.5 Å². The molecule has 1 heterocycles. The van der Waals surface area contributed by atoms with Gasteiger partial charge in [-0.3, -0.25) is 9.59 Å². The van der Waals surface area contributed by atoms with Gasteiger partial charge in [-0.1, -0.05) is 18.2 Å². The second kappa shape index (κ2) is 9.88. The number of para-hydroxylation sites is 1. The molecule has 29 heavy (non-hydrogen) atoms. The third kappa shape index (κ3) is 6.18. The lowest BCUT2D eigenvalue weighted by Crippen LogP contribution is -2.28. The maximum absolute atomic E-state index is 12.9. The summed E-state index contributed by atoms with van der Waals surface area (Å²) in [5.74, 6) is -0.332. The smallest absolute Gasteiger partial charge is 0.234 e. The van der Waals surface area contributed by atoms with Crippen molar-refractivity contribution in [1.82, 2.24) is 14.7 Å². The summed E-state index contributed by atoms with van der Waals surface area (Å²) in [4.78, 5) is 25.8. The van der Waals surface area contributed by atoms with Crippen molar-refractivity contribution in [2.75, 3.05) is 23.9 Å². The van der Waals surface area contributed by atoms with Crippen molar-refractivity contribution < 1.29 is 14.0 Å². The maximum Gasteiger partial charge on any atom is 0.234 e. The molecule has 8 heteroatoms. The van der Waals surface area contributed by atoms with Gasteiger partial charge in [0.1, 0.15) is 5.82 Å². The molecule has 1 N–H and O–H groups in total. The molecule has 6 nitrogen and oxygen atoms in total. The molecule has 3 rings (SSSR count). The number of amides is 2.